The van der Waals surface area contributed by atoms with Gasteiger partial charge in [0, 0.05) is 37.9 Å². The first-order valence-corrected chi connectivity index (χ1v) is 11.0. The number of carbonyl (C=O) groups excluding carboxylic acids is 1. The van der Waals surface area contributed by atoms with E-state index in [0.717, 1.165) is 30.0 Å². The zero-order valence-electron chi connectivity index (χ0n) is 18.3. The Labute approximate surface area is 191 Å². The van der Waals surface area contributed by atoms with Crippen LogP contribution in [-0.4, -0.2) is 48.8 Å². The number of carbonyl (C=O) groups is 1. The van der Waals surface area contributed by atoms with Gasteiger partial charge in [-0.15, -0.1) is 0 Å². The van der Waals surface area contributed by atoms with Crippen molar-refractivity contribution in [3.05, 3.63) is 60.6 Å². The predicted molar refractivity (Wildman–Crippen MR) is 127 cm³/mol. The number of likely N-dealkylation sites (tertiary alicyclic amines) is 1. The molecule has 3 heterocycles. The lowest BCUT2D eigenvalue weighted by molar-refractivity contribution is 0.0721. The Morgan fingerprint density at radius 2 is 1.79 bits per heavy atom. The van der Waals surface area contributed by atoms with E-state index in [1.165, 1.54) is 0 Å². The highest BCUT2D eigenvalue weighted by Crippen LogP contribution is 2.37. The molecule has 2 aromatic carbocycles. The third kappa shape index (κ3) is 3.93. The molecule has 5 rings (SSSR count). The van der Waals surface area contributed by atoms with Crippen molar-refractivity contribution in [3.63, 3.8) is 0 Å². The molecule has 4 aromatic rings. The van der Waals surface area contributed by atoms with E-state index < -0.39 is 0 Å². The van der Waals surface area contributed by atoms with Gasteiger partial charge in [-0.25, -0.2) is 9.97 Å². The molecule has 1 saturated heterocycles. The normalized spacial score (nSPS) is 13.8. The average molecular weight is 444 g/mol. The summed E-state index contributed by atoms with van der Waals surface area (Å²) in [4.78, 5) is 23.7. The topological polar surface area (TPSA) is 108 Å². The molecule has 0 unspecified atom stereocenters. The van der Waals surface area contributed by atoms with E-state index in [4.69, 9.17) is 0 Å². The van der Waals surface area contributed by atoms with Crippen molar-refractivity contribution in [2.45, 2.75) is 19.3 Å². The number of amides is 1. The molecule has 3 N–H and O–H groups in total. The molecule has 1 aliphatic rings. The third-order valence-corrected chi connectivity index (χ3v) is 5.95. The zero-order chi connectivity index (χ0) is 22.8. The maximum Gasteiger partial charge on any atom is 0.257 e. The number of benzene rings is 2. The van der Waals surface area contributed by atoms with Crippen LogP contribution in [0.25, 0.3) is 22.2 Å². The number of phenols is 1. The van der Waals surface area contributed by atoms with Crippen molar-refractivity contribution in [3.8, 4) is 17.1 Å². The highest BCUT2D eigenvalue weighted by atomic mass is 16.3. The molecule has 1 amide bonds. The van der Waals surface area contributed by atoms with Crippen molar-refractivity contribution in [2.75, 3.05) is 23.9 Å². The van der Waals surface area contributed by atoms with E-state index in [9.17, 15) is 9.90 Å². The van der Waals surface area contributed by atoms with Gasteiger partial charge in [0.25, 0.3) is 5.91 Å². The standard InChI is InChI=1S/C24H25N7O2/c1-30-23(19(15-27-30)22-25-10-7-11-26-22)29-28-20-17-9-4-3-8-16(17)14-18(21(20)32)24(33)31-12-5-2-6-13-31/h3-4,7-11,14-15,28-29,32H,2,5-6,12-13H2,1H3. The van der Waals surface area contributed by atoms with Gasteiger partial charge >= 0.3 is 0 Å². The Morgan fingerprint density at radius 1 is 1.03 bits per heavy atom. The molecule has 1 aliphatic heterocycles. The van der Waals surface area contributed by atoms with Gasteiger partial charge in [-0.3, -0.25) is 20.3 Å². The SMILES string of the molecule is Cn1ncc(-c2ncccn2)c1NNc1c(O)c(C(=O)N2CCCCC2)cc2ccccc12. The predicted octanol–water partition coefficient (Wildman–Crippen LogP) is 3.80. The monoisotopic (exact) mass is 443 g/mol. The molecule has 9 heteroatoms. The fraction of sp³-hybridized carbons (Fsp3) is 0.250. The minimum Gasteiger partial charge on any atom is -0.505 e. The van der Waals surface area contributed by atoms with Crippen LogP contribution in [0, 0.1) is 0 Å². The van der Waals surface area contributed by atoms with E-state index in [2.05, 4.69) is 25.9 Å². The molecule has 0 radical (unpaired) electrons. The molecule has 1 fully saturated rings. The van der Waals surface area contributed by atoms with Gasteiger partial charge in [0.2, 0.25) is 0 Å². The van der Waals surface area contributed by atoms with E-state index in [0.29, 0.717) is 36.0 Å². The second-order valence-corrected chi connectivity index (χ2v) is 8.07. The van der Waals surface area contributed by atoms with Gasteiger partial charge in [0.1, 0.15) is 5.69 Å². The lowest BCUT2D eigenvalue weighted by atomic mass is 10.0. The number of fused-ring (bicyclic) bond motifs is 1. The summed E-state index contributed by atoms with van der Waals surface area (Å²) >= 11 is 0. The first-order valence-electron chi connectivity index (χ1n) is 11.0. The lowest BCUT2D eigenvalue weighted by Crippen LogP contribution is -2.35. The number of nitrogens with zero attached hydrogens (tertiary/aromatic N) is 5. The minimum absolute atomic E-state index is 0.0866. The zero-order valence-corrected chi connectivity index (χ0v) is 18.3. The number of aryl methyl sites for hydroxylation is 1. The summed E-state index contributed by atoms with van der Waals surface area (Å²) in [6.07, 6.45) is 8.11. The molecule has 0 atom stereocenters. The van der Waals surface area contributed by atoms with E-state index in [-0.39, 0.29) is 17.2 Å². The Morgan fingerprint density at radius 3 is 2.58 bits per heavy atom. The van der Waals surface area contributed by atoms with Gasteiger partial charge in [-0.1, -0.05) is 24.3 Å². The quantitative estimate of drug-likeness (QED) is 0.318. The molecule has 0 bridgehead atoms. The van der Waals surface area contributed by atoms with Crippen LogP contribution in [-0.2, 0) is 7.05 Å². The summed E-state index contributed by atoms with van der Waals surface area (Å²) < 4.78 is 1.65. The number of aromatic hydroxyl groups is 1. The van der Waals surface area contributed by atoms with Gasteiger partial charge in [0.15, 0.2) is 17.4 Å². The van der Waals surface area contributed by atoms with E-state index in [1.54, 1.807) is 42.5 Å². The van der Waals surface area contributed by atoms with Crippen LogP contribution in [0.15, 0.2) is 55.0 Å². The Hall–Kier alpha value is -4.14. The maximum atomic E-state index is 13.2. The summed E-state index contributed by atoms with van der Waals surface area (Å²) in [5.41, 5.74) is 7.68. The van der Waals surface area contributed by atoms with E-state index >= 15 is 0 Å². The molecule has 0 spiro atoms. The highest BCUT2D eigenvalue weighted by molar-refractivity contribution is 6.07. The van der Waals surface area contributed by atoms with Crippen LogP contribution in [0.2, 0.25) is 0 Å². The van der Waals surface area contributed by atoms with Crippen LogP contribution < -0.4 is 10.9 Å². The van der Waals surface area contributed by atoms with Crippen molar-refractivity contribution in [2.24, 2.45) is 7.05 Å². The third-order valence-electron chi connectivity index (χ3n) is 5.95. The summed E-state index contributed by atoms with van der Waals surface area (Å²) in [5, 5.41) is 17.1. The number of anilines is 2. The molecule has 33 heavy (non-hydrogen) atoms. The summed E-state index contributed by atoms with van der Waals surface area (Å²) in [7, 11) is 1.80. The van der Waals surface area contributed by atoms with Crippen molar-refractivity contribution in [1.29, 1.82) is 0 Å². The van der Waals surface area contributed by atoms with Crippen molar-refractivity contribution >= 4 is 28.2 Å². The highest BCUT2D eigenvalue weighted by Gasteiger charge is 2.24. The Kier molecular flexibility index (Phi) is 5.52. The molecule has 2 aromatic heterocycles. The second kappa shape index (κ2) is 8.78. The number of hydrogen-bond donors (Lipinski definition) is 3. The van der Waals surface area contributed by atoms with E-state index in [1.807, 2.05) is 29.2 Å². The number of aromatic nitrogens is 4. The maximum absolute atomic E-state index is 13.2. The number of hydrogen-bond acceptors (Lipinski definition) is 7. The summed E-state index contributed by atoms with van der Waals surface area (Å²) in [6, 6.07) is 11.2. The largest absolute Gasteiger partial charge is 0.505 e. The fourth-order valence-electron chi connectivity index (χ4n) is 4.20. The molecule has 0 aliphatic carbocycles. The van der Waals surface area contributed by atoms with Crippen molar-refractivity contribution in [1.82, 2.24) is 24.6 Å². The first-order chi connectivity index (χ1) is 16.1. The number of piperidine rings is 1. The summed E-state index contributed by atoms with van der Waals surface area (Å²) in [6.45, 7) is 1.42. The number of rotatable bonds is 5. The second-order valence-electron chi connectivity index (χ2n) is 8.07. The van der Waals surface area contributed by atoms with Gasteiger partial charge in [0.05, 0.1) is 17.3 Å². The Bertz CT molecular complexity index is 1300. The summed E-state index contributed by atoms with van der Waals surface area (Å²) in [5.74, 6) is 0.909. The smallest absolute Gasteiger partial charge is 0.257 e. The lowest BCUT2D eigenvalue weighted by Gasteiger charge is -2.27. The molecule has 168 valence electrons. The van der Waals surface area contributed by atoms with Crippen LogP contribution in [0.4, 0.5) is 11.5 Å². The van der Waals surface area contributed by atoms with Crippen LogP contribution in [0.5, 0.6) is 5.75 Å². The number of phenolic OH excluding ortho intramolecular Hbond substituents is 1. The van der Waals surface area contributed by atoms with Crippen LogP contribution in [0.1, 0.15) is 29.6 Å². The minimum atomic E-state index is -0.153. The molecular weight excluding hydrogens is 418 g/mol. The number of hydrazine groups is 1. The van der Waals surface area contributed by atoms with Gasteiger partial charge < -0.3 is 10.0 Å². The Balaban J connectivity index is 1.52. The fourth-order valence-corrected chi connectivity index (χ4v) is 4.20. The van der Waals surface area contributed by atoms with Crippen LogP contribution >= 0.6 is 0 Å². The van der Waals surface area contributed by atoms with Gasteiger partial charge in [-0.2, -0.15) is 5.10 Å². The first kappa shape index (κ1) is 20.7. The molecular formula is C24H25N7O2. The molecule has 9 nitrogen and oxygen atoms in total. The van der Waals surface area contributed by atoms with Crippen LogP contribution in [0.3, 0.4) is 0 Å². The van der Waals surface area contributed by atoms with Crippen molar-refractivity contribution < 1.29 is 9.90 Å². The average Bonchev–Trinajstić information content (AvgIpc) is 3.24. The van der Waals surface area contributed by atoms with Gasteiger partial charge in [-0.05, 0) is 36.8 Å². The number of nitrogens with one attached hydrogen (secondary N) is 2. The molecule has 0 saturated carbocycles.